The van der Waals surface area contributed by atoms with E-state index in [1.165, 1.54) is 0 Å². The van der Waals surface area contributed by atoms with Crippen LogP contribution in [0.2, 0.25) is 0 Å². The minimum absolute atomic E-state index is 0.0637. The first-order chi connectivity index (χ1) is 10.3. The molecule has 0 aromatic carbocycles. The summed E-state index contributed by atoms with van der Waals surface area (Å²) in [5, 5.41) is 8.03. The number of methoxy groups -OCH3 is 1. The lowest BCUT2D eigenvalue weighted by atomic mass is 9.90. The number of hydrogen-bond acceptors (Lipinski definition) is 5. The molecule has 2 aliphatic heterocycles. The molecule has 1 aromatic heterocycles. The van der Waals surface area contributed by atoms with Crippen LogP contribution in [-0.4, -0.2) is 55.5 Å². The van der Waals surface area contributed by atoms with Gasteiger partial charge in [0.1, 0.15) is 0 Å². The summed E-state index contributed by atoms with van der Waals surface area (Å²) in [5.74, 6) is 0. The summed E-state index contributed by atoms with van der Waals surface area (Å²) in [5.41, 5.74) is 1.01. The van der Waals surface area contributed by atoms with E-state index in [2.05, 4.69) is 22.3 Å². The van der Waals surface area contributed by atoms with E-state index in [0.29, 0.717) is 6.04 Å². The zero-order valence-corrected chi connectivity index (χ0v) is 12.7. The van der Waals surface area contributed by atoms with Crippen molar-refractivity contribution in [1.82, 2.24) is 15.1 Å². The predicted molar refractivity (Wildman–Crippen MR) is 78.2 cm³/mol. The van der Waals surface area contributed by atoms with Gasteiger partial charge in [0.05, 0.1) is 30.6 Å². The van der Waals surface area contributed by atoms with Crippen molar-refractivity contribution >= 4 is 0 Å². The molecular weight excluding hydrogens is 270 g/mol. The highest BCUT2D eigenvalue weighted by atomic mass is 16.6. The van der Waals surface area contributed by atoms with Crippen LogP contribution >= 0.6 is 0 Å². The quantitative estimate of drug-likeness (QED) is 0.797. The van der Waals surface area contributed by atoms with Crippen molar-refractivity contribution in [2.75, 3.05) is 40.1 Å². The summed E-state index contributed by atoms with van der Waals surface area (Å²) in [7, 11) is 1.71. The standard InChI is InChI=1S/C15H25N3O3/c1-19-9-5-16-11-13-2-6-18(17-13)14-3-7-21-15(10-14)4-8-20-12-15/h2,6,14,16H,3-5,7-12H2,1H3. The number of hydrogen-bond donors (Lipinski definition) is 1. The second-order valence-electron chi connectivity index (χ2n) is 5.94. The van der Waals surface area contributed by atoms with Gasteiger partial charge >= 0.3 is 0 Å². The van der Waals surface area contributed by atoms with Crippen LogP contribution in [0.4, 0.5) is 0 Å². The molecule has 6 nitrogen and oxygen atoms in total. The molecule has 2 fully saturated rings. The maximum absolute atomic E-state index is 5.98. The summed E-state index contributed by atoms with van der Waals surface area (Å²) in [6.07, 6.45) is 5.13. The Balaban J connectivity index is 1.55. The van der Waals surface area contributed by atoms with Crippen LogP contribution in [0.25, 0.3) is 0 Å². The summed E-state index contributed by atoms with van der Waals surface area (Å²) in [6.45, 7) is 4.71. The van der Waals surface area contributed by atoms with Crippen LogP contribution in [0.15, 0.2) is 12.3 Å². The fourth-order valence-electron chi connectivity index (χ4n) is 3.16. The molecule has 2 saturated heterocycles. The highest BCUT2D eigenvalue weighted by Crippen LogP contribution is 2.37. The minimum Gasteiger partial charge on any atom is -0.383 e. The molecule has 118 valence electrons. The Bertz CT molecular complexity index is 443. The van der Waals surface area contributed by atoms with Gasteiger partial charge in [0.2, 0.25) is 0 Å². The molecule has 0 aliphatic carbocycles. The highest BCUT2D eigenvalue weighted by Gasteiger charge is 2.41. The van der Waals surface area contributed by atoms with Crippen LogP contribution in [0, 0.1) is 0 Å². The molecule has 6 heteroatoms. The van der Waals surface area contributed by atoms with Crippen LogP contribution in [0.1, 0.15) is 31.0 Å². The first kappa shape index (κ1) is 15.0. The Kier molecular flexibility index (Phi) is 4.90. The smallest absolute Gasteiger partial charge is 0.0957 e. The van der Waals surface area contributed by atoms with E-state index in [1.54, 1.807) is 7.11 Å². The van der Waals surface area contributed by atoms with E-state index in [4.69, 9.17) is 19.3 Å². The van der Waals surface area contributed by atoms with Crippen LogP contribution in [0.5, 0.6) is 0 Å². The lowest BCUT2D eigenvalue weighted by Gasteiger charge is -2.37. The largest absolute Gasteiger partial charge is 0.383 e. The Morgan fingerprint density at radius 1 is 1.52 bits per heavy atom. The third kappa shape index (κ3) is 3.63. The highest BCUT2D eigenvalue weighted by molar-refractivity contribution is 5.01. The molecule has 0 radical (unpaired) electrons. The number of ether oxygens (including phenoxy) is 3. The van der Waals surface area contributed by atoms with Crippen molar-refractivity contribution in [2.24, 2.45) is 0 Å². The average Bonchev–Trinajstić information content (AvgIpc) is 3.14. The van der Waals surface area contributed by atoms with E-state index >= 15 is 0 Å². The molecule has 3 rings (SSSR count). The van der Waals surface area contributed by atoms with Gasteiger partial charge in [-0.3, -0.25) is 4.68 Å². The molecular formula is C15H25N3O3. The van der Waals surface area contributed by atoms with Gasteiger partial charge in [-0.1, -0.05) is 0 Å². The van der Waals surface area contributed by atoms with Crippen LogP contribution in [-0.2, 0) is 20.8 Å². The van der Waals surface area contributed by atoms with Crippen molar-refractivity contribution in [3.63, 3.8) is 0 Å². The number of nitrogens with zero attached hydrogens (tertiary/aromatic N) is 2. The zero-order valence-electron chi connectivity index (χ0n) is 12.7. The average molecular weight is 295 g/mol. The fourth-order valence-corrected chi connectivity index (χ4v) is 3.16. The lowest BCUT2D eigenvalue weighted by Crippen LogP contribution is -2.41. The van der Waals surface area contributed by atoms with Crippen molar-refractivity contribution in [2.45, 2.75) is 37.5 Å². The van der Waals surface area contributed by atoms with Gasteiger partial charge in [-0.25, -0.2) is 0 Å². The Morgan fingerprint density at radius 3 is 3.29 bits per heavy atom. The summed E-state index contributed by atoms with van der Waals surface area (Å²) in [6, 6.07) is 2.51. The van der Waals surface area contributed by atoms with Gasteiger partial charge in [-0.2, -0.15) is 5.10 Å². The minimum atomic E-state index is -0.0637. The van der Waals surface area contributed by atoms with E-state index in [1.807, 2.05) is 0 Å². The van der Waals surface area contributed by atoms with E-state index < -0.39 is 0 Å². The Morgan fingerprint density at radius 2 is 2.48 bits per heavy atom. The number of nitrogens with one attached hydrogen (secondary N) is 1. The summed E-state index contributed by atoms with van der Waals surface area (Å²) < 4.78 is 18.6. The third-order valence-corrected chi connectivity index (χ3v) is 4.36. The van der Waals surface area contributed by atoms with E-state index in [9.17, 15) is 0 Å². The van der Waals surface area contributed by atoms with Gasteiger partial charge in [0.25, 0.3) is 0 Å². The maximum atomic E-state index is 5.98. The molecule has 2 atom stereocenters. The van der Waals surface area contributed by atoms with Gasteiger partial charge < -0.3 is 19.5 Å². The molecule has 1 aromatic rings. The van der Waals surface area contributed by atoms with Gasteiger partial charge in [-0.05, 0) is 12.5 Å². The summed E-state index contributed by atoms with van der Waals surface area (Å²) in [4.78, 5) is 0. The predicted octanol–water partition coefficient (Wildman–Crippen LogP) is 1.13. The SMILES string of the molecule is COCCNCc1ccn(C2CCOC3(CCOC3)C2)n1. The number of aromatic nitrogens is 2. The first-order valence-corrected chi connectivity index (χ1v) is 7.77. The van der Waals surface area contributed by atoms with Crippen molar-refractivity contribution in [3.05, 3.63) is 18.0 Å². The van der Waals surface area contributed by atoms with Crippen LogP contribution < -0.4 is 5.32 Å². The second-order valence-corrected chi connectivity index (χ2v) is 5.94. The molecule has 1 spiro atoms. The normalized spacial score (nSPS) is 29.3. The lowest BCUT2D eigenvalue weighted by molar-refractivity contribution is -0.0962. The van der Waals surface area contributed by atoms with E-state index in [-0.39, 0.29) is 5.60 Å². The molecule has 2 aliphatic rings. The molecule has 0 saturated carbocycles. The molecule has 1 N–H and O–H groups in total. The topological polar surface area (TPSA) is 57.5 Å². The zero-order chi connectivity index (χ0) is 14.5. The van der Waals surface area contributed by atoms with Gasteiger partial charge in [-0.15, -0.1) is 0 Å². The van der Waals surface area contributed by atoms with Crippen molar-refractivity contribution < 1.29 is 14.2 Å². The molecule has 21 heavy (non-hydrogen) atoms. The van der Waals surface area contributed by atoms with E-state index in [0.717, 1.165) is 64.5 Å². The third-order valence-electron chi connectivity index (χ3n) is 4.36. The molecule has 2 unspecified atom stereocenters. The fraction of sp³-hybridized carbons (Fsp3) is 0.800. The Labute approximate surface area is 125 Å². The second kappa shape index (κ2) is 6.87. The summed E-state index contributed by atoms with van der Waals surface area (Å²) >= 11 is 0. The maximum Gasteiger partial charge on any atom is 0.0957 e. The molecule has 0 bridgehead atoms. The van der Waals surface area contributed by atoms with Crippen LogP contribution in [0.3, 0.4) is 0 Å². The van der Waals surface area contributed by atoms with Crippen molar-refractivity contribution in [1.29, 1.82) is 0 Å². The number of rotatable bonds is 6. The molecule has 0 amide bonds. The van der Waals surface area contributed by atoms with Gasteiger partial charge in [0.15, 0.2) is 0 Å². The molecule has 3 heterocycles. The monoisotopic (exact) mass is 295 g/mol. The van der Waals surface area contributed by atoms with Gasteiger partial charge in [0, 0.05) is 52.5 Å². The Hall–Kier alpha value is -0.950. The van der Waals surface area contributed by atoms with Crippen molar-refractivity contribution in [3.8, 4) is 0 Å². The first-order valence-electron chi connectivity index (χ1n) is 7.77.